The van der Waals surface area contributed by atoms with E-state index in [2.05, 4.69) is 10.6 Å². The Hall–Kier alpha value is -1.46. The van der Waals surface area contributed by atoms with Crippen LogP contribution in [0.4, 0.5) is 4.39 Å². The highest BCUT2D eigenvalue weighted by Crippen LogP contribution is 2.09. The number of carbonyl (C=O) groups excluding carboxylic acids is 1. The second-order valence-corrected chi connectivity index (χ2v) is 3.99. The first kappa shape index (κ1) is 12.0. The summed E-state index contributed by atoms with van der Waals surface area (Å²) < 4.78 is 18.6. The molecule has 0 bridgehead atoms. The maximum atomic E-state index is 13.4. The van der Waals surface area contributed by atoms with Gasteiger partial charge in [-0.25, -0.2) is 4.39 Å². The van der Waals surface area contributed by atoms with Gasteiger partial charge in [-0.3, -0.25) is 4.79 Å². The molecule has 5 heteroatoms. The van der Waals surface area contributed by atoms with Crippen LogP contribution < -0.4 is 10.6 Å². The highest BCUT2D eigenvalue weighted by molar-refractivity contribution is 5.94. The van der Waals surface area contributed by atoms with E-state index >= 15 is 0 Å². The van der Waals surface area contributed by atoms with Crippen molar-refractivity contribution in [3.05, 3.63) is 35.6 Å². The molecule has 1 fully saturated rings. The SMILES string of the molecule is CO[C@H]1CNCC1NC(=O)c1ccccc1F. The molecule has 1 unspecified atom stereocenters. The van der Waals surface area contributed by atoms with Gasteiger partial charge >= 0.3 is 0 Å². The quantitative estimate of drug-likeness (QED) is 0.808. The van der Waals surface area contributed by atoms with Crippen LogP contribution in [0.15, 0.2) is 24.3 Å². The van der Waals surface area contributed by atoms with Gasteiger partial charge in [0.1, 0.15) is 5.82 Å². The molecule has 4 nitrogen and oxygen atoms in total. The van der Waals surface area contributed by atoms with Gasteiger partial charge in [0, 0.05) is 20.2 Å². The molecule has 1 aromatic carbocycles. The van der Waals surface area contributed by atoms with Gasteiger partial charge in [-0.15, -0.1) is 0 Å². The molecule has 0 spiro atoms. The maximum Gasteiger partial charge on any atom is 0.254 e. The number of ether oxygens (including phenoxy) is 1. The molecule has 0 aliphatic carbocycles. The Morgan fingerprint density at radius 1 is 1.47 bits per heavy atom. The zero-order chi connectivity index (χ0) is 12.3. The third-order valence-corrected chi connectivity index (χ3v) is 2.90. The van der Waals surface area contributed by atoms with Crippen LogP contribution in [0, 0.1) is 5.82 Å². The van der Waals surface area contributed by atoms with E-state index in [0.29, 0.717) is 13.1 Å². The summed E-state index contributed by atoms with van der Waals surface area (Å²) in [5.74, 6) is -0.913. The number of benzene rings is 1. The topological polar surface area (TPSA) is 50.4 Å². The predicted octanol–water partition coefficient (Wildman–Crippen LogP) is 0.542. The molecule has 2 atom stereocenters. The molecule has 2 rings (SSSR count). The highest BCUT2D eigenvalue weighted by atomic mass is 19.1. The van der Waals surface area contributed by atoms with E-state index in [4.69, 9.17) is 4.74 Å². The number of hydrogen-bond donors (Lipinski definition) is 2. The lowest BCUT2D eigenvalue weighted by molar-refractivity contribution is 0.0777. The normalized spacial score (nSPS) is 23.6. The standard InChI is InChI=1S/C12H15FN2O2/c1-17-11-7-14-6-10(11)15-12(16)8-4-2-3-5-9(8)13/h2-5,10-11,14H,6-7H2,1H3,(H,15,16)/t10?,11-/m0/s1. The summed E-state index contributed by atoms with van der Waals surface area (Å²) in [4.78, 5) is 11.8. The minimum absolute atomic E-state index is 0.0641. The predicted molar refractivity (Wildman–Crippen MR) is 61.3 cm³/mol. The van der Waals surface area contributed by atoms with Crippen LogP contribution >= 0.6 is 0 Å². The Kier molecular flexibility index (Phi) is 3.71. The van der Waals surface area contributed by atoms with Crippen molar-refractivity contribution in [2.24, 2.45) is 0 Å². The Bertz CT molecular complexity index is 411. The fourth-order valence-corrected chi connectivity index (χ4v) is 1.94. The van der Waals surface area contributed by atoms with E-state index in [1.54, 1.807) is 19.2 Å². The van der Waals surface area contributed by atoms with Gasteiger partial charge in [-0.05, 0) is 12.1 Å². The van der Waals surface area contributed by atoms with Crippen LogP contribution in [-0.2, 0) is 4.74 Å². The number of nitrogens with one attached hydrogen (secondary N) is 2. The van der Waals surface area contributed by atoms with E-state index in [9.17, 15) is 9.18 Å². The van der Waals surface area contributed by atoms with Crippen molar-refractivity contribution >= 4 is 5.91 Å². The summed E-state index contributed by atoms with van der Waals surface area (Å²) in [5.41, 5.74) is 0.0641. The molecular formula is C12H15FN2O2. The molecule has 1 amide bonds. The molecule has 1 aliphatic heterocycles. The lowest BCUT2D eigenvalue weighted by Crippen LogP contribution is -2.43. The average Bonchev–Trinajstić information content (AvgIpc) is 2.76. The van der Waals surface area contributed by atoms with Gasteiger partial charge in [-0.2, -0.15) is 0 Å². The third kappa shape index (κ3) is 2.62. The Morgan fingerprint density at radius 3 is 2.94 bits per heavy atom. The molecule has 1 aliphatic rings. The van der Waals surface area contributed by atoms with Crippen LogP contribution in [0.5, 0.6) is 0 Å². The average molecular weight is 238 g/mol. The van der Waals surface area contributed by atoms with Crippen LogP contribution in [0.2, 0.25) is 0 Å². The van der Waals surface area contributed by atoms with Crippen molar-refractivity contribution in [2.45, 2.75) is 12.1 Å². The third-order valence-electron chi connectivity index (χ3n) is 2.90. The minimum atomic E-state index is -0.509. The number of hydrogen-bond acceptors (Lipinski definition) is 3. The van der Waals surface area contributed by atoms with Crippen LogP contribution in [0.3, 0.4) is 0 Å². The Labute approximate surface area is 99.2 Å². The smallest absolute Gasteiger partial charge is 0.254 e. The molecular weight excluding hydrogens is 223 g/mol. The lowest BCUT2D eigenvalue weighted by Gasteiger charge is -2.18. The lowest BCUT2D eigenvalue weighted by atomic mass is 10.1. The van der Waals surface area contributed by atoms with Crippen molar-refractivity contribution in [3.63, 3.8) is 0 Å². The molecule has 2 N–H and O–H groups in total. The summed E-state index contributed by atoms with van der Waals surface area (Å²) in [5, 5.41) is 5.88. The molecule has 1 aromatic rings. The summed E-state index contributed by atoms with van der Waals surface area (Å²) >= 11 is 0. The van der Waals surface area contributed by atoms with Crippen molar-refractivity contribution in [3.8, 4) is 0 Å². The highest BCUT2D eigenvalue weighted by Gasteiger charge is 2.28. The number of rotatable bonds is 3. The second kappa shape index (κ2) is 5.25. The van der Waals surface area contributed by atoms with Gasteiger partial charge in [0.15, 0.2) is 0 Å². The van der Waals surface area contributed by atoms with E-state index in [1.807, 2.05) is 0 Å². The molecule has 0 radical (unpaired) electrons. The number of halogens is 1. The Balaban J connectivity index is 2.04. The van der Waals surface area contributed by atoms with Gasteiger partial charge < -0.3 is 15.4 Å². The number of carbonyl (C=O) groups is 1. The molecule has 92 valence electrons. The minimum Gasteiger partial charge on any atom is -0.378 e. The van der Waals surface area contributed by atoms with Gasteiger partial charge in [-0.1, -0.05) is 12.1 Å². The first-order valence-corrected chi connectivity index (χ1v) is 5.51. The van der Waals surface area contributed by atoms with Gasteiger partial charge in [0.05, 0.1) is 17.7 Å². The summed E-state index contributed by atoms with van der Waals surface area (Å²) in [7, 11) is 1.60. The molecule has 1 saturated heterocycles. The van der Waals surface area contributed by atoms with Crippen molar-refractivity contribution in [1.82, 2.24) is 10.6 Å². The molecule has 17 heavy (non-hydrogen) atoms. The van der Waals surface area contributed by atoms with Gasteiger partial charge in [0.2, 0.25) is 0 Å². The monoisotopic (exact) mass is 238 g/mol. The van der Waals surface area contributed by atoms with E-state index in [1.165, 1.54) is 12.1 Å². The van der Waals surface area contributed by atoms with E-state index in [-0.39, 0.29) is 17.7 Å². The summed E-state index contributed by atoms with van der Waals surface area (Å²) in [6, 6.07) is 5.82. The van der Waals surface area contributed by atoms with Crippen LogP contribution in [-0.4, -0.2) is 38.3 Å². The fraction of sp³-hybridized carbons (Fsp3) is 0.417. The fourth-order valence-electron chi connectivity index (χ4n) is 1.94. The van der Waals surface area contributed by atoms with E-state index in [0.717, 1.165) is 0 Å². The largest absolute Gasteiger partial charge is 0.378 e. The zero-order valence-electron chi connectivity index (χ0n) is 9.57. The maximum absolute atomic E-state index is 13.4. The summed E-state index contributed by atoms with van der Waals surface area (Å²) in [6.07, 6.45) is -0.0641. The second-order valence-electron chi connectivity index (χ2n) is 3.99. The number of methoxy groups -OCH3 is 1. The summed E-state index contributed by atoms with van der Waals surface area (Å²) in [6.45, 7) is 1.33. The Morgan fingerprint density at radius 2 is 2.24 bits per heavy atom. The molecule has 0 aromatic heterocycles. The van der Waals surface area contributed by atoms with Crippen molar-refractivity contribution in [1.29, 1.82) is 0 Å². The van der Waals surface area contributed by atoms with Crippen LogP contribution in [0.25, 0.3) is 0 Å². The molecule has 1 heterocycles. The van der Waals surface area contributed by atoms with E-state index < -0.39 is 11.7 Å². The first-order chi connectivity index (χ1) is 8.22. The molecule has 0 saturated carbocycles. The van der Waals surface area contributed by atoms with Crippen molar-refractivity contribution in [2.75, 3.05) is 20.2 Å². The number of amides is 1. The zero-order valence-corrected chi connectivity index (χ0v) is 9.57. The van der Waals surface area contributed by atoms with Gasteiger partial charge in [0.25, 0.3) is 5.91 Å². The van der Waals surface area contributed by atoms with Crippen molar-refractivity contribution < 1.29 is 13.9 Å². The first-order valence-electron chi connectivity index (χ1n) is 5.51. The van der Waals surface area contributed by atoms with Crippen LogP contribution in [0.1, 0.15) is 10.4 Å².